The molecule has 6 nitrogen and oxygen atoms in total. The first-order valence-corrected chi connectivity index (χ1v) is 12.0. The number of aromatic amines is 1. The molecule has 0 aliphatic carbocycles. The van der Waals surface area contributed by atoms with Gasteiger partial charge >= 0.3 is 0 Å². The second-order valence-corrected chi connectivity index (χ2v) is 9.71. The minimum Gasteiger partial charge on any atom is -0.361 e. The number of para-hydroxylation sites is 2. The third-order valence-corrected chi connectivity index (χ3v) is 7.69. The molecular weight excluding hydrogens is 422 g/mol. The summed E-state index contributed by atoms with van der Waals surface area (Å²) < 4.78 is 27.9. The number of sulfonamides is 1. The van der Waals surface area contributed by atoms with Gasteiger partial charge in [-0.25, -0.2) is 8.42 Å². The van der Waals surface area contributed by atoms with E-state index in [0.29, 0.717) is 37.2 Å². The number of anilines is 1. The Labute approximate surface area is 186 Å². The van der Waals surface area contributed by atoms with Crippen LogP contribution in [0.5, 0.6) is 0 Å². The first kappa shape index (κ1) is 20.3. The summed E-state index contributed by atoms with van der Waals surface area (Å²) in [6, 6.07) is 21.8. The summed E-state index contributed by atoms with van der Waals surface area (Å²) in [6.07, 6.45) is 3.32. The van der Waals surface area contributed by atoms with E-state index in [9.17, 15) is 13.2 Å². The predicted octanol–water partition coefficient (Wildman–Crippen LogP) is 3.89. The fraction of sp³-hybridized carbons (Fsp3) is 0.160. The smallest absolute Gasteiger partial charge is 0.264 e. The summed E-state index contributed by atoms with van der Waals surface area (Å²) >= 11 is 0. The first-order valence-electron chi connectivity index (χ1n) is 10.6. The van der Waals surface area contributed by atoms with Crippen LogP contribution in [0.25, 0.3) is 10.9 Å². The van der Waals surface area contributed by atoms with Crippen molar-refractivity contribution in [3.05, 3.63) is 95.7 Å². The molecule has 32 heavy (non-hydrogen) atoms. The Bertz CT molecular complexity index is 1410. The maximum Gasteiger partial charge on any atom is 0.264 e. The van der Waals surface area contributed by atoms with Gasteiger partial charge in [0.1, 0.15) is 0 Å². The molecule has 0 fully saturated rings. The van der Waals surface area contributed by atoms with Gasteiger partial charge in [-0.1, -0.05) is 42.5 Å². The number of H-pyrrole nitrogens is 1. The average molecular weight is 446 g/mol. The molecule has 0 radical (unpaired) electrons. The monoisotopic (exact) mass is 445 g/mol. The Morgan fingerprint density at radius 1 is 1.00 bits per heavy atom. The van der Waals surface area contributed by atoms with E-state index in [1.54, 1.807) is 18.2 Å². The Balaban J connectivity index is 1.30. The molecule has 3 aromatic carbocycles. The highest BCUT2D eigenvalue weighted by molar-refractivity contribution is 7.92. The van der Waals surface area contributed by atoms with Crippen molar-refractivity contribution in [2.45, 2.75) is 17.7 Å². The second-order valence-electron chi connectivity index (χ2n) is 7.85. The van der Waals surface area contributed by atoms with Crippen LogP contribution in [0.1, 0.15) is 21.5 Å². The molecule has 0 saturated heterocycles. The number of fused-ring (bicyclic) bond motifs is 2. The van der Waals surface area contributed by atoms with Crippen LogP contribution in [0.3, 0.4) is 0 Å². The highest BCUT2D eigenvalue weighted by Crippen LogP contribution is 2.32. The summed E-state index contributed by atoms with van der Waals surface area (Å²) in [5, 5.41) is 4.04. The molecule has 0 saturated carbocycles. The zero-order valence-corrected chi connectivity index (χ0v) is 18.2. The fourth-order valence-electron chi connectivity index (χ4n) is 4.23. The molecule has 2 heterocycles. The second kappa shape index (κ2) is 8.16. The van der Waals surface area contributed by atoms with E-state index in [2.05, 4.69) is 10.3 Å². The standard InChI is InChI=1S/C25H23N3O3S/c29-25(26-14-12-20-17-27-23-10-3-2-9-22(20)23)19-7-5-8-21(16-19)32(30,31)28-15-13-18-6-1-4-11-24(18)28/h1-11,16-17,27H,12-15H2,(H,26,29). The van der Waals surface area contributed by atoms with Gasteiger partial charge in [0.2, 0.25) is 0 Å². The summed E-state index contributed by atoms with van der Waals surface area (Å²) in [5.41, 5.74) is 4.25. The van der Waals surface area contributed by atoms with Crippen LogP contribution < -0.4 is 9.62 Å². The maximum absolute atomic E-state index is 13.3. The van der Waals surface area contributed by atoms with Gasteiger partial charge in [-0.2, -0.15) is 0 Å². The SMILES string of the molecule is O=C(NCCc1c[nH]c2ccccc12)c1cccc(S(=O)(=O)N2CCc3ccccc32)c1. The predicted molar refractivity (Wildman–Crippen MR) is 125 cm³/mol. The Kier molecular flexibility index (Phi) is 5.19. The lowest BCUT2D eigenvalue weighted by Crippen LogP contribution is -2.30. The van der Waals surface area contributed by atoms with Crippen molar-refractivity contribution in [1.82, 2.24) is 10.3 Å². The van der Waals surface area contributed by atoms with Crippen LogP contribution in [0.2, 0.25) is 0 Å². The lowest BCUT2D eigenvalue weighted by molar-refractivity contribution is 0.0954. The van der Waals surface area contributed by atoms with Gasteiger partial charge in [0.05, 0.1) is 10.6 Å². The van der Waals surface area contributed by atoms with E-state index < -0.39 is 10.0 Å². The molecule has 0 atom stereocenters. The van der Waals surface area contributed by atoms with Crippen molar-refractivity contribution in [2.24, 2.45) is 0 Å². The van der Waals surface area contributed by atoms with Gasteiger partial charge in [-0.3, -0.25) is 9.10 Å². The Morgan fingerprint density at radius 3 is 2.72 bits per heavy atom. The zero-order valence-electron chi connectivity index (χ0n) is 17.4. The van der Waals surface area contributed by atoms with E-state index >= 15 is 0 Å². The molecule has 4 aromatic rings. The number of amides is 1. The van der Waals surface area contributed by atoms with E-state index in [1.165, 1.54) is 10.4 Å². The number of nitrogens with zero attached hydrogens (tertiary/aromatic N) is 1. The summed E-state index contributed by atoms with van der Waals surface area (Å²) in [4.78, 5) is 16.1. The fourth-order valence-corrected chi connectivity index (χ4v) is 5.78. The van der Waals surface area contributed by atoms with Crippen molar-refractivity contribution in [3.63, 3.8) is 0 Å². The highest BCUT2D eigenvalue weighted by Gasteiger charge is 2.30. The minimum atomic E-state index is -3.74. The summed E-state index contributed by atoms with van der Waals surface area (Å²) in [6.45, 7) is 0.861. The van der Waals surface area contributed by atoms with E-state index in [0.717, 1.165) is 22.0 Å². The molecular formula is C25H23N3O3S. The number of nitrogens with one attached hydrogen (secondary N) is 2. The number of aromatic nitrogens is 1. The third kappa shape index (κ3) is 3.65. The van der Waals surface area contributed by atoms with Gasteiger partial charge < -0.3 is 10.3 Å². The van der Waals surface area contributed by atoms with Crippen LogP contribution in [0.15, 0.2) is 83.9 Å². The topological polar surface area (TPSA) is 82.3 Å². The molecule has 0 unspecified atom stereocenters. The molecule has 0 bridgehead atoms. The number of benzene rings is 3. The molecule has 2 N–H and O–H groups in total. The number of hydrogen-bond acceptors (Lipinski definition) is 3. The van der Waals surface area contributed by atoms with E-state index in [1.807, 2.05) is 54.7 Å². The lowest BCUT2D eigenvalue weighted by Gasteiger charge is -2.20. The summed E-state index contributed by atoms with van der Waals surface area (Å²) in [7, 11) is -3.74. The van der Waals surface area contributed by atoms with Crippen molar-refractivity contribution in [3.8, 4) is 0 Å². The third-order valence-electron chi connectivity index (χ3n) is 5.88. The lowest BCUT2D eigenvalue weighted by atomic mass is 10.1. The number of carbonyl (C=O) groups excluding carboxylic acids is 1. The molecule has 5 rings (SSSR count). The van der Waals surface area contributed by atoms with Crippen molar-refractivity contribution < 1.29 is 13.2 Å². The van der Waals surface area contributed by atoms with Gasteiger partial charge in [0.25, 0.3) is 15.9 Å². The number of rotatable bonds is 6. The number of carbonyl (C=O) groups is 1. The quantitative estimate of drug-likeness (QED) is 0.472. The Morgan fingerprint density at radius 2 is 1.81 bits per heavy atom. The van der Waals surface area contributed by atoms with Crippen molar-refractivity contribution in [1.29, 1.82) is 0 Å². The van der Waals surface area contributed by atoms with Gasteiger partial charge in [0, 0.05) is 35.8 Å². The molecule has 1 aliphatic rings. The molecule has 0 spiro atoms. The molecule has 7 heteroatoms. The average Bonchev–Trinajstić information content (AvgIpc) is 3.44. The largest absolute Gasteiger partial charge is 0.361 e. The molecule has 162 valence electrons. The highest BCUT2D eigenvalue weighted by atomic mass is 32.2. The van der Waals surface area contributed by atoms with Crippen LogP contribution in [-0.4, -0.2) is 32.4 Å². The first-order chi connectivity index (χ1) is 15.5. The van der Waals surface area contributed by atoms with Crippen LogP contribution in [-0.2, 0) is 22.9 Å². The van der Waals surface area contributed by atoms with Gasteiger partial charge in [0.15, 0.2) is 0 Å². The van der Waals surface area contributed by atoms with Crippen molar-refractivity contribution in [2.75, 3.05) is 17.4 Å². The van der Waals surface area contributed by atoms with E-state index in [-0.39, 0.29) is 10.8 Å². The van der Waals surface area contributed by atoms with Gasteiger partial charge in [-0.15, -0.1) is 0 Å². The number of hydrogen-bond donors (Lipinski definition) is 2. The van der Waals surface area contributed by atoms with Crippen molar-refractivity contribution >= 4 is 32.5 Å². The summed E-state index contributed by atoms with van der Waals surface area (Å²) in [5.74, 6) is -0.288. The maximum atomic E-state index is 13.3. The molecule has 1 aliphatic heterocycles. The zero-order chi connectivity index (χ0) is 22.1. The van der Waals surface area contributed by atoms with Gasteiger partial charge in [-0.05, 0) is 54.3 Å². The molecule has 1 amide bonds. The molecule has 1 aromatic heterocycles. The van der Waals surface area contributed by atoms with Crippen LogP contribution in [0.4, 0.5) is 5.69 Å². The normalized spacial score (nSPS) is 13.3. The Hall–Kier alpha value is -3.58. The minimum absolute atomic E-state index is 0.124. The van der Waals surface area contributed by atoms with E-state index in [4.69, 9.17) is 0 Å². The van der Waals surface area contributed by atoms with Crippen LogP contribution in [0, 0.1) is 0 Å². The van der Waals surface area contributed by atoms with Crippen LogP contribution >= 0.6 is 0 Å².